The van der Waals surface area contributed by atoms with E-state index in [-0.39, 0.29) is 0 Å². The molecule has 1 atom stereocenters. The van der Waals surface area contributed by atoms with Gasteiger partial charge in [-0.05, 0) is 12.1 Å². The standard InChI is InChI=1S/C9H13BN2O2/c1-12(2,10-7-11)6-8(13)9-4-3-5-14-9/h3-5,8,13H,6H2,1-2H3. The van der Waals surface area contributed by atoms with Crippen LogP contribution in [0.3, 0.4) is 0 Å². The Hall–Kier alpha value is -1.25. The van der Waals surface area contributed by atoms with Gasteiger partial charge in [0, 0.05) is 14.1 Å². The van der Waals surface area contributed by atoms with Gasteiger partial charge in [-0.3, -0.25) is 0 Å². The van der Waals surface area contributed by atoms with E-state index in [9.17, 15) is 5.11 Å². The Morgan fingerprint density at radius 2 is 2.43 bits per heavy atom. The summed E-state index contributed by atoms with van der Waals surface area (Å²) in [6, 6.07) is 3.45. The fraction of sp³-hybridized carbons (Fsp3) is 0.444. The molecule has 0 amide bonds. The minimum atomic E-state index is -0.676. The van der Waals surface area contributed by atoms with Crippen LogP contribution in [0, 0.1) is 11.2 Å². The van der Waals surface area contributed by atoms with E-state index in [0.717, 1.165) is 0 Å². The van der Waals surface area contributed by atoms with Crippen molar-refractivity contribution in [1.29, 1.82) is 5.26 Å². The molecular formula is C9H13BN2O2. The number of aliphatic hydroxyl groups is 1. The van der Waals surface area contributed by atoms with Crippen LogP contribution in [0.25, 0.3) is 0 Å². The number of furan rings is 1. The summed E-state index contributed by atoms with van der Waals surface area (Å²) in [5.41, 5.74) is 0. The van der Waals surface area contributed by atoms with Gasteiger partial charge in [0.05, 0.1) is 12.8 Å². The number of nitriles is 1. The van der Waals surface area contributed by atoms with Crippen LogP contribution < -0.4 is 0 Å². The van der Waals surface area contributed by atoms with Crippen molar-refractivity contribution in [3.05, 3.63) is 24.2 Å². The zero-order chi connectivity index (χ0) is 10.6. The normalized spacial score (nSPS) is 13.6. The maximum absolute atomic E-state index is 9.73. The number of hydrogen-bond acceptors (Lipinski definition) is 3. The van der Waals surface area contributed by atoms with Crippen LogP contribution in [0.1, 0.15) is 11.9 Å². The van der Waals surface area contributed by atoms with Crippen molar-refractivity contribution in [1.82, 2.24) is 0 Å². The predicted molar refractivity (Wildman–Crippen MR) is 52.0 cm³/mol. The van der Waals surface area contributed by atoms with Crippen molar-refractivity contribution in [2.75, 3.05) is 20.6 Å². The highest BCUT2D eigenvalue weighted by Gasteiger charge is 2.16. The first-order chi connectivity index (χ1) is 6.55. The highest BCUT2D eigenvalue weighted by Crippen LogP contribution is 2.15. The molecule has 1 N–H and O–H groups in total. The van der Waals surface area contributed by atoms with E-state index in [2.05, 4.69) is 0 Å². The van der Waals surface area contributed by atoms with Crippen LogP contribution in [-0.4, -0.2) is 37.6 Å². The van der Waals surface area contributed by atoms with Crippen LogP contribution in [0.5, 0.6) is 0 Å². The smallest absolute Gasteiger partial charge is 0.156 e. The summed E-state index contributed by atoms with van der Waals surface area (Å²) in [6.07, 6.45) is 0.844. The lowest BCUT2D eigenvalue weighted by Gasteiger charge is -2.41. The number of hydrogen-bond donors (Lipinski definition) is 1. The fourth-order valence-corrected chi connectivity index (χ4v) is 1.23. The Labute approximate surface area is 84.2 Å². The SMILES string of the molecule is C[N+](C)([B-]C#N)CC(O)c1ccco1. The van der Waals surface area contributed by atoms with Gasteiger partial charge in [-0.1, -0.05) is 0 Å². The Morgan fingerprint density at radius 1 is 1.71 bits per heavy atom. The summed E-state index contributed by atoms with van der Waals surface area (Å²) >= 11 is 0. The zero-order valence-electron chi connectivity index (χ0n) is 8.34. The van der Waals surface area contributed by atoms with Crippen molar-refractivity contribution in [2.45, 2.75) is 6.10 Å². The summed E-state index contributed by atoms with van der Waals surface area (Å²) in [5, 5.41) is 18.3. The second-order valence-corrected chi connectivity index (χ2v) is 3.75. The van der Waals surface area contributed by atoms with Crippen molar-refractivity contribution >= 4 is 7.41 Å². The quantitative estimate of drug-likeness (QED) is 0.706. The third-order valence-corrected chi connectivity index (χ3v) is 1.92. The molecule has 0 aliphatic carbocycles. The molecule has 0 spiro atoms. The minimum absolute atomic E-state index is 0.332. The van der Waals surface area contributed by atoms with E-state index in [4.69, 9.17) is 9.68 Å². The van der Waals surface area contributed by atoms with E-state index < -0.39 is 6.10 Å². The van der Waals surface area contributed by atoms with E-state index in [1.54, 1.807) is 12.1 Å². The first kappa shape index (κ1) is 10.8. The van der Waals surface area contributed by atoms with Gasteiger partial charge in [0.2, 0.25) is 0 Å². The molecule has 1 aromatic rings. The Morgan fingerprint density at radius 3 is 2.93 bits per heavy atom. The first-order valence-electron chi connectivity index (χ1n) is 4.33. The molecule has 0 bridgehead atoms. The lowest BCUT2D eigenvalue weighted by atomic mass is 9.91. The average Bonchev–Trinajstić information content (AvgIpc) is 2.53. The molecule has 1 unspecified atom stereocenters. The molecule has 14 heavy (non-hydrogen) atoms. The van der Waals surface area contributed by atoms with Gasteiger partial charge in [-0.25, -0.2) is 5.26 Å². The van der Waals surface area contributed by atoms with E-state index in [0.29, 0.717) is 16.7 Å². The predicted octanol–water partition coefficient (Wildman–Crippen LogP) is 0.490. The highest BCUT2D eigenvalue weighted by atomic mass is 16.4. The summed E-state index contributed by atoms with van der Waals surface area (Å²) in [6.45, 7) is 0.418. The Balaban J connectivity index is 2.57. The molecule has 0 saturated heterocycles. The van der Waals surface area contributed by atoms with Gasteiger partial charge < -0.3 is 13.9 Å². The topological polar surface area (TPSA) is 57.2 Å². The maximum Gasteiger partial charge on any atom is 0.156 e. The molecule has 0 aliphatic rings. The van der Waals surface area contributed by atoms with E-state index >= 15 is 0 Å². The summed E-state index contributed by atoms with van der Waals surface area (Å²) in [4.78, 5) is 0. The van der Waals surface area contributed by atoms with Crippen molar-refractivity contribution < 1.29 is 13.9 Å². The first-order valence-corrected chi connectivity index (χ1v) is 4.33. The van der Waals surface area contributed by atoms with Crippen LogP contribution in [-0.2, 0) is 0 Å². The van der Waals surface area contributed by atoms with Gasteiger partial charge in [0.1, 0.15) is 13.2 Å². The Bertz CT molecular complexity index is 316. The molecule has 2 radical (unpaired) electrons. The number of rotatable bonds is 4. The largest absolute Gasteiger partial charge is 0.550 e. The van der Waals surface area contributed by atoms with Crippen LogP contribution in [0.4, 0.5) is 0 Å². The van der Waals surface area contributed by atoms with E-state index in [1.807, 2.05) is 20.1 Å². The summed E-state index contributed by atoms with van der Waals surface area (Å²) < 4.78 is 5.39. The van der Waals surface area contributed by atoms with Gasteiger partial charge in [0.15, 0.2) is 6.10 Å². The third kappa shape index (κ3) is 2.91. The Kier molecular flexibility index (Phi) is 3.34. The lowest BCUT2D eigenvalue weighted by Crippen LogP contribution is -2.45. The second kappa shape index (κ2) is 4.31. The molecule has 4 nitrogen and oxygen atoms in total. The molecule has 0 aliphatic heterocycles. The van der Waals surface area contributed by atoms with Crippen LogP contribution in [0.2, 0.25) is 0 Å². The molecular weight excluding hydrogens is 179 g/mol. The van der Waals surface area contributed by atoms with Gasteiger partial charge in [0.25, 0.3) is 0 Å². The highest BCUT2D eigenvalue weighted by molar-refractivity contribution is 6.36. The molecule has 74 valence electrons. The lowest BCUT2D eigenvalue weighted by molar-refractivity contribution is -0.782. The second-order valence-electron chi connectivity index (χ2n) is 3.75. The van der Waals surface area contributed by atoms with Crippen molar-refractivity contribution in [2.24, 2.45) is 0 Å². The van der Waals surface area contributed by atoms with E-state index in [1.165, 1.54) is 13.7 Å². The number of quaternary nitrogens is 1. The van der Waals surface area contributed by atoms with Gasteiger partial charge in [-0.15, -0.1) is 5.97 Å². The average molecular weight is 192 g/mol. The summed E-state index contributed by atoms with van der Waals surface area (Å²) in [7, 11) is 5.15. The molecule has 0 fully saturated rings. The van der Waals surface area contributed by atoms with Crippen molar-refractivity contribution in [3.63, 3.8) is 0 Å². The minimum Gasteiger partial charge on any atom is -0.550 e. The fourth-order valence-electron chi connectivity index (χ4n) is 1.23. The van der Waals surface area contributed by atoms with Gasteiger partial charge >= 0.3 is 0 Å². The number of likely N-dealkylation sites (N-methyl/N-ethyl adjacent to an activating group) is 1. The van der Waals surface area contributed by atoms with Crippen LogP contribution in [0.15, 0.2) is 22.8 Å². The maximum atomic E-state index is 9.73. The number of aliphatic hydroxyl groups excluding tert-OH is 1. The molecule has 1 aromatic heterocycles. The van der Waals surface area contributed by atoms with Crippen LogP contribution >= 0.6 is 0 Å². The molecule has 1 rings (SSSR count). The zero-order valence-corrected chi connectivity index (χ0v) is 8.34. The monoisotopic (exact) mass is 192 g/mol. The molecule has 5 heteroatoms. The molecule has 0 aromatic carbocycles. The number of nitrogens with zero attached hydrogens (tertiary/aromatic N) is 2. The molecule has 1 heterocycles. The van der Waals surface area contributed by atoms with Crippen molar-refractivity contribution in [3.8, 4) is 5.97 Å². The summed E-state index contributed by atoms with van der Waals surface area (Å²) in [5.74, 6) is 2.49. The van der Waals surface area contributed by atoms with Gasteiger partial charge in [-0.2, -0.15) is 0 Å². The molecule has 0 saturated carbocycles. The third-order valence-electron chi connectivity index (χ3n) is 1.92.